The van der Waals surface area contributed by atoms with Crippen LogP contribution in [-0.4, -0.2) is 22.1 Å². The van der Waals surface area contributed by atoms with Crippen molar-refractivity contribution in [2.45, 2.75) is 13.3 Å². The zero-order chi connectivity index (χ0) is 22.4. The second-order valence-electron chi connectivity index (χ2n) is 6.48. The summed E-state index contributed by atoms with van der Waals surface area (Å²) in [5.41, 5.74) is 14.4. The van der Waals surface area contributed by atoms with Gasteiger partial charge in [0, 0.05) is 10.9 Å². The number of nitrogen functional groups attached to an aromatic ring is 2. The summed E-state index contributed by atoms with van der Waals surface area (Å²) in [4.78, 5) is 11.8. The number of hydrogen-bond acceptors (Lipinski definition) is 7. The molecule has 0 spiro atoms. The molecule has 0 saturated carbocycles. The summed E-state index contributed by atoms with van der Waals surface area (Å²) in [5, 5.41) is 9.11. The summed E-state index contributed by atoms with van der Waals surface area (Å²) >= 11 is 0. The molecule has 0 fully saturated rings. The summed E-state index contributed by atoms with van der Waals surface area (Å²) in [5.74, 6) is 0.637. The topological polar surface area (TPSA) is 124 Å². The van der Waals surface area contributed by atoms with Crippen LogP contribution in [0.3, 0.4) is 0 Å². The van der Waals surface area contributed by atoms with Crippen molar-refractivity contribution < 1.29 is 9.13 Å². The number of ether oxygens (including phenoxy) is 1. The number of nitrogens with two attached hydrogens (primary N) is 2. The molecule has 0 radical (unpaired) electrons. The Morgan fingerprint density at radius 2 is 1.74 bits per heavy atom. The smallest absolute Gasteiger partial charge is 0.146 e. The minimum Gasteiger partial charge on any atom is -0.495 e. The Balaban J connectivity index is 0.000000229. The first-order chi connectivity index (χ1) is 15.0. The molecule has 4 aromatic rings. The highest BCUT2D eigenvalue weighted by atomic mass is 19.1. The van der Waals surface area contributed by atoms with Gasteiger partial charge < -0.3 is 16.2 Å². The van der Waals surface area contributed by atoms with Crippen molar-refractivity contribution in [3.63, 3.8) is 0 Å². The number of anilines is 2. The van der Waals surface area contributed by atoms with Crippen LogP contribution in [0.4, 0.5) is 16.0 Å². The number of aromatic nitrogens is 3. The highest BCUT2D eigenvalue weighted by Crippen LogP contribution is 2.38. The van der Waals surface area contributed by atoms with E-state index in [2.05, 4.69) is 21.9 Å². The average Bonchev–Trinajstić information content (AvgIpc) is 2.79. The molecule has 4 N–H and O–H groups in total. The van der Waals surface area contributed by atoms with E-state index in [0.29, 0.717) is 11.1 Å². The summed E-state index contributed by atoms with van der Waals surface area (Å²) in [6.45, 7) is 2.06. The lowest BCUT2D eigenvalue weighted by Gasteiger charge is -2.15. The van der Waals surface area contributed by atoms with Gasteiger partial charge in [-0.3, -0.25) is 4.98 Å². The number of benzene rings is 2. The van der Waals surface area contributed by atoms with Crippen molar-refractivity contribution in [2.24, 2.45) is 0 Å². The number of methoxy groups -OCH3 is 1. The molecular weight excluding hydrogens is 395 g/mol. The van der Waals surface area contributed by atoms with Gasteiger partial charge in [0.1, 0.15) is 41.2 Å². The number of hydrogen-bond donors (Lipinski definition) is 2. The van der Waals surface area contributed by atoms with Crippen LogP contribution in [0.2, 0.25) is 0 Å². The SMILES string of the molecule is CCc1nc2ccc(F)cc2c(OC)c1-c1ccccc1.N#Cc1c(N)ncnc1N. The van der Waals surface area contributed by atoms with E-state index in [1.807, 2.05) is 30.3 Å². The number of aryl methyl sites for hydroxylation is 1. The molecule has 2 aromatic carbocycles. The molecule has 0 aliphatic carbocycles. The van der Waals surface area contributed by atoms with Crippen molar-refractivity contribution in [3.8, 4) is 22.9 Å². The zero-order valence-corrected chi connectivity index (χ0v) is 17.1. The van der Waals surface area contributed by atoms with Gasteiger partial charge >= 0.3 is 0 Å². The molecule has 2 aromatic heterocycles. The van der Waals surface area contributed by atoms with E-state index in [0.717, 1.165) is 28.8 Å². The molecule has 4 rings (SSSR count). The van der Waals surface area contributed by atoms with Gasteiger partial charge in [0.15, 0.2) is 0 Å². The fourth-order valence-electron chi connectivity index (χ4n) is 3.15. The van der Waals surface area contributed by atoms with Crippen LogP contribution in [0.1, 0.15) is 18.2 Å². The molecule has 0 unspecified atom stereocenters. The largest absolute Gasteiger partial charge is 0.495 e. The lowest BCUT2D eigenvalue weighted by Crippen LogP contribution is -2.01. The number of fused-ring (bicyclic) bond motifs is 1. The molecule has 0 aliphatic heterocycles. The molecule has 7 nitrogen and oxygen atoms in total. The Hall–Kier alpha value is -4.25. The van der Waals surface area contributed by atoms with Crippen LogP contribution >= 0.6 is 0 Å². The van der Waals surface area contributed by atoms with Gasteiger partial charge in [-0.05, 0) is 30.2 Å². The third kappa shape index (κ3) is 4.51. The third-order valence-corrected chi connectivity index (χ3v) is 4.59. The lowest BCUT2D eigenvalue weighted by molar-refractivity contribution is 0.420. The van der Waals surface area contributed by atoms with Crippen molar-refractivity contribution in [3.05, 3.63) is 71.9 Å². The standard InChI is InChI=1S/C18H16FNO.C5H5N5/c1-3-15-17(12-7-5-4-6-8-12)18(21-2)14-11-13(19)9-10-16(14)20-15;6-1-3-4(7)9-2-10-5(3)8/h4-11H,3H2,1-2H3;2H,(H4,7,8,9,10). The molecular formula is C23H21FN6O. The van der Waals surface area contributed by atoms with Gasteiger partial charge in [0.2, 0.25) is 0 Å². The number of nitrogens with zero attached hydrogens (tertiary/aromatic N) is 4. The summed E-state index contributed by atoms with van der Waals surface area (Å²) < 4.78 is 19.2. The van der Waals surface area contributed by atoms with Gasteiger partial charge in [0.05, 0.1) is 18.3 Å². The maximum Gasteiger partial charge on any atom is 0.146 e. The van der Waals surface area contributed by atoms with Crippen molar-refractivity contribution in [2.75, 3.05) is 18.6 Å². The first-order valence-electron chi connectivity index (χ1n) is 9.47. The Bertz CT molecular complexity index is 1230. The van der Waals surface area contributed by atoms with Crippen molar-refractivity contribution in [1.82, 2.24) is 15.0 Å². The predicted octanol–water partition coefficient (Wildman–Crippen LogP) is 4.12. The van der Waals surface area contributed by atoms with E-state index in [4.69, 9.17) is 21.5 Å². The highest BCUT2D eigenvalue weighted by molar-refractivity contribution is 5.93. The fraction of sp³-hybridized carbons (Fsp3) is 0.130. The maximum absolute atomic E-state index is 13.6. The van der Waals surface area contributed by atoms with Gasteiger partial charge in [-0.25, -0.2) is 14.4 Å². The van der Waals surface area contributed by atoms with Crippen LogP contribution in [0.15, 0.2) is 54.9 Å². The number of rotatable bonds is 3. The fourth-order valence-corrected chi connectivity index (χ4v) is 3.15. The molecule has 8 heteroatoms. The van der Waals surface area contributed by atoms with Gasteiger partial charge in [-0.2, -0.15) is 5.26 Å². The summed E-state index contributed by atoms with van der Waals surface area (Å²) in [6.07, 6.45) is 2.00. The van der Waals surface area contributed by atoms with Crippen molar-refractivity contribution in [1.29, 1.82) is 5.26 Å². The van der Waals surface area contributed by atoms with Crippen LogP contribution in [-0.2, 0) is 6.42 Å². The van der Waals surface area contributed by atoms with Gasteiger partial charge in [0.25, 0.3) is 0 Å². The van der Waals surface area contributed by atoms with Gasteiger partial charge in [-0.15, -0.1) is 0 Å². The molecule has 0 amide bonds. The Morgan fingerprint density at radius 3 is 2.29 bits per heavy atom. The molecule has 0 saturated heterocycles. The Morgan fingerprint density at radius 1 is 1.06 bits per heavy atom. The molecule has 2 heterocycles. The van der Waals surface area contributed by atoms with E-state index >= 15 is 0 Å². The molecule has 0 atom stereocenters. The number of pyridine rings is 1. The third-order valence-electron chi connectivity index (χ3n) is 4.59. The first-order valence-corrected chi connectivity index (χ1v) is 9.47. The normalized spacial score (nSPS) is 10.1. The second-order valence-corrected chi connectivity index (χ2v) is 6.48. The van der Waals surface area contributed by atoms with Gasteiger partial charge in [-0.1, -0.05) is 37.3 Å². The molecule has 0 bridgehead atoms. The quantitative estimate of drug-likeness (QED) is 0.515. The number of halogens is 1. The van der Waals surface area contributed by atoms with Crippen LogP contribution < -0.4 is 16.2 Å². The first kappa shape index (κ1) is 21.5. The molecule has 156 valence electrons. The van der Waals surface area contributed by atoms with Crippen LogP contribution in [0.5, 0.6) is 5.75 Å². The maximum atomic E-state index is 13.6. The minimum absolute atomic E-state index is 0.120. The lowest BCUT2D eigenvalue weighted by atomic mass is 9.98. The van der Waals surface area contributed by atoms with E-state index in [1.54, 1.807) is 19.2 Å². The van der Waals surface area contributed by atoms with E-state index in [9.17, 15) is 4.39 Å². The van der Waals surface area contributed by atoms with E-state index in [-0.39, 0.29) is 23.0 Å². The Kier molecular flexibility index (Phi) is 6.58. The van der Waals surface area contributed by atoms with E-state index < -0.39 is 0 Å². The van der Waals surface area contributed by atoms with Crippen molar-refractivity contribution >= 4 is 22.5 Å². The summed E-state index contributed by atoms with van der Waals surface area (Å²) in [6, 6.07) is 16.3. The van der Waals surface area contributed by atoms with Crippen LogP contribution in [0.25, 0.3) is 22.0 Å². The second kappa shape index (κ2) is 9.50. The monoisotopic (exact) mass is 416 g/mol. The number of nitriles is 1. The average molecular weight is 416 g/mol. The Labute approximate surface area is 179 Å². The van der Waals surface area contributed by atoms with Crippen LogP contribution in [0, 0.1) is 17.1 Å². The molecule has 31 heavy (non-hydrogen) atoms. The van der Waals surface area contributed by atoms with E-state index in [1.165, 1.54) is 18.5 Å². The summed E-state index contributed by atoms with van der Waals surface area (Å²) in [7, 11) is 1.62. The minimum atomic E-state index is -0.286. The predicted molar refractivity (Wildman–Crippen MR) is 119 cm³/mol. The zero-order valence-electron chi connectivity index (χ0n) is 17.1. The highest BCUT2D eigenvalue weighted by Gasteiger charge is 2.16. The molecule has 0 aliphatic rings.